The predicted molar refractivity (Wildman–Crippen MR) is 105 cm³/mol. The summed E-state index contributed by atoms with van der Waals surface area (Å²) >= 11 is 1.73. The van der Waals surface area contributed by atoms with Crippen molar-refractivity contribution in [1.29, 1.82) is 0 Å². The van der Waals surface area contributed by atoms with Crippen LogP contribution in [-0.2, 0) is 11.3 Å². The predicted octanol–water partition coefficient (Wildman–Crippen LogP) is 3.48. The number of halogens is 1. The Kier molecular flexibility index (Phi) is 6.84. The normalized spacial score (nSPS) is 26.3. The molecule has 0 spiro atoms. The van der Waals surface area contributed by atoms with Gasteiger partial charge in [0.05, 0.1) is 18.9 Å². The summed E-state index contributed by atoms with van der Waals surface area (Å²) in [5.74, 6) is 0.678. The van der Waals surface area contributed by atoms with Crippen LogP contribution in [0.5, 0.6) is 0 Å². The van der Waals surface area contributed by atoms with E-state index < -0.39 is 0 Å². The van der Waals surface area contributed by atoms with Gasteiger partial charge in [-0.3, -0.25) is 0 Å². The van der Waals surface area contributed by atoms with E-state index in [0.717, 1.165) is 37.0 Å². The highest BCUT2D eigenvalue weighted by atomic mass is 35.5. The number of nitrogens with zero attached hydrogens (tertiary/aromatic N) is 1. The van der Waals surface area contributed by atoms with Gasteiger partial charge < -0.3 is 15.4 Å². The minimum Gasteiger partial charge on any atom is -0.379 e. The Hall–Kier alpha value is -0.980. The van der Waals surface area contributed by atoms with E-state index in [0.29, 0.717) is 18.0 Å². The van der Waals surface area contributed by atoms with E-state index in [-0.39, 0.29) is 12.4 Å². The molecule has 1 saturated carbocycles. The number of benzene rings is 1. The quantitative estimate of drug-likeness (QED) is 0.834. The summed E-state index contributed by atoms with van der Waals surface area (Å²) in [4.78, 5) is 4.79. The molecule has 25 heavy (non-hydrogen) atoms. The van der Waals surface area contributed by atoms with Gasteiger partial charge in [-0.05, 0) is 18.8 Å². The first-order valence-corrected chi connectivity index (χ1v) is 9.82. The van der Waals surface area contributed by atoms with Gasteiger partial charge in [0.25, 0.3) is 0 Å². The molecule has 1 aliphatic carbocycles. The molecule has 4 nitrogen and oxygen atoms in total. The third-order valence-electron chi connectivity index (χ3n) is 5.15. The van der Waals surface area contributed by atoms with Crippen molar-refractivity contribution in [2.45, 2.75) is 37.9 Å². The van der Waals surface area contributed by atoms with E-state index >= 15 is 0 Å². The van der Waals surface area contributed by atoms with Crippen LogP contribution in [0.4, 0.5) is 0 Å². The monoisotopic (exact) mass is 379 g/mol. The van der Waals surface area contributed by atoms with Crippen molar-refractivity contribution in [3.05, 3.63) is 41.4 Å². The van der Waals surface area contributed by atoms with Gasteiger partial charge in [-0.1, -0.05) is 36.8 Å². The van der Waals surface area contributed by atoms with Gasteiger partial charge >= 0.3 is 0 Å². The van der Waals surface area contributed by atoms with Gasteiger partial charge in [0.15, 0.2) is 0 Å². The summed E-state index contributed by atoms with van der Waals surface area (Å²) in [6, 6.07) is 11.5. The van der Waals surface area contributed by atoms with Gasteiger partial charge in [-0.15, -0.1) is 23.7 Å². The highest BCUT2D eigenvalue weighted by Crippen LogP contribution is 2.30. The number of thiazole rings is 1. The lowest BCUT2D eigenvalue weighted by Gasteiger charge is -2.32. The molecule has 1 aromatic carbocycles. The number of hydrogen-bond donors (Lipinski definition) is 2. The highest BCUT2D eigenvalue weighted by Gasteiger charge is 2.34. The summed E-state index contributed by atoms with van der Waals surface area (Å²) < 4.78 is 5.66. The Balaban J connectivity index is 0.00000182. The first kappa shape index (κ1) is 18.8. The molecule has 2 N–H and O–H groups in total. The topological polar surface area (TPSA) is 46.2 Å². The molecule has 2 heterocycles. The van der Waals surface area contributed by atoms with Gasteiger partial charge in [-0.25, -0.2) is 4.98 Å². The molecular formula is C19H26ClN3OS. The van der Waals surface area contributed by atoms with E-state index in [9.17, 15) is 0 Å². The SMILES string of the molecule is Cl.c1ccc(-c2nc(CNC3CCCC3C3COCCN3)cs2)cc1. The second-order valence-corrected chi connectivity index (χ2v) is 7.59. The molecule has 2 aromatic rings. The van der Waals surface area contributed by atoms with E-state index in [2.05, 4.69) is 40.3 Å². The molecule has 2 aliphatic rings. The van der Waals surface area contributed by atoms with Gasteiger partial charge in [0.1, 0.15) is 5.01 Å². The third-order valence-corrected chi connectivity index (χ3v) is 6.09. The van der Waals surface area contributed by atoms with Crippen LogP contribution in [0.15, 0.2) is 35.7 Å². The smallest absolute Gasteiger partial charge is 0.123 e. The van der Waals surface area contributed by atoms with Crippen LogP contribution in [0.3, 0.4) is 0 Å². The second kappa shape index (κ2) is 9.10. The van der Waals surface area contributed by atoms with Gasteiger partial charge in [-0.2, -0.15) is 0 Å². The maximum absolute atomic E-state index is 5.66. The third kappa shape index (κ3) is 4.60. The summed E-state index contributed by atoms with van der Waals surface area (Å²) in [6.07, 6.45) is 3.87. The van der Waals surface area contributed by atoms with Crippen LogP contribution in [-0.4, -0.2) is 36.8 Å². The Bertz CT molecular complexity index is 645. The average Bonchev–Trinajstić information content (AvgIpc) is 3.31. The zero-order valence-corrected chi connectivity index (χ0v) is 16.0. The lowest BCUT2D eigenvalue weighted by atomic mass is 9.94. The van der Waals surface area contributed by atoms with Crippen LogP contribution < -0.4 is 10.6 Å². The Morgan fingerprint density at radius 3 is 2.92 bits per heavy atom. The maximum atomic E-state index is 5.66. The Labute approximate surface area is 159 Å². The maximum Gasteiger partial charge on any atom is 0.123 e. The van der Waals surface area contributed by atoms with E-state index in [1.807, 2.05) is 6.07 Å². The van der Waals surface area contributed by atoms with Crippen molar-refractivity contribution in [2.24, 2.45) is 5.92 Å². The van der Waals surface area contributed by atoms with Crippen molar-refractivity contribution in [3.8, 4) is 10.6 Å². The molecule has 2 fully saturated rings. The molecular weight excluding hydrogens is 354 g/mol. The average molecular weight is 380 g/mol. The van der Waals surface area contributed by atoms with Crippen molar-refractivity contribution >= 4 is 23.7 Å². The molecule has 4 rings (SSSR count). The molecule has 0 radical (unpaired) electrons. The van der Waals surface area contributed by atoms with E-state index in [1.165, 1.54) is 24.8 Å². The molecule has 0 bridgehead atoms. The zero-order chi connectivity index (χ0) is 16.2. The molecule has 3 unspecified atom stereocenters. The second-order valence-electron chi connectivity index (χ2n) is 6.73. The molecule has 1 aromatic heterocycles. The largest absolute Gasteiger partial charge is 0.379 e. The lowest BCUT2D eigenvalue weighted by Crippen LogP contribution is -2.50. The van der Waals surface area contributed by atoms with Crippen molar-refractivity contribution in [1.82, 2.24) is 15.6 Å². The number of aromatic nitrogens is 1. The Morgan fingerprint density at radius 2 is 2.12 bits per heavy atom. The number of rotatable bonds is 5. The summed E-state index contributed by atoms with van der Waals surface area (Å²) in [7, 11) is 0. The lowest BCUT2D eigenvalue weighted by molar-refractivity contribution is 0.0524. The van der Waals surface area contributed by atoms with Crippen LogP contribution in [0.25, 0.3) is 10.6 Å². The van der Waals surface area contributed by atoms with Gasteiger partial charge in [0.2, 0.25) is 0 Å². The van der Waals surface area contributed by atoms with Crippen LogP contribution in [0, 0.1) is 5.92 Å². The summed E-state index contributed by atoms with van der Waals surface area (Å²) in [5.41, 5.74) is 2.36. The fraction of sp³-hybridized carbons (Fsp3) is 0.526. The van der Waals surface area contributed by atoms with Crippen molar-refractivity contribution in [2.75, 3.05) is 19.8 Å². The molecule has 136 valence electrons. The molecule has 6 heteroatoms. The minimum atomic E-state index is 0. The fourth-order valence-corrected chi connectivity index (χ4v) is 4.75. The fourth-order valence-electron chi connectivity index (χ4n) is 3.92. The molecule has 1 saturated heterocycles. The van der Waals surface area contributed by atoms with Crippen molar-refractivity contribution in [3.63, 3.8) is 0 Å². The van der Waals surface area contributed by atoms with Crippen LogP contribution in [0.1, 0.15) is 25.0 Å². The first-order valence-electron chi connectivity index (χ1n) is 8.94. The standard InChI is InChI=1S/C19H25N3OS.ClH/c1-2-5-14(6-3-1)19-22-15(13-24-19)11-21-17-8-4-7-16(17)18-12-23-10-9-20-18;/h1-3,5-6,13,16-18,20-21H,4,7-12H2;1H. The minimum absolute atomic E-state index is 0. The highest BCUT2D eigenvalue weighted by molar-refractivity contribution is 7.13. The first-order chi connectivity index (χ1) is 11.9. The summed E-state index contributed by atoms with van der Waals surface area (Å²) in [6.45, 7) is 3.55. The van der Waals surface area contributed by atoms with Gasteiger partial charge in [0, 0.05) is 36.1 Å². The molecule has 0 amide bonds. The number of hydrogen-bond acceptors (Lipinski definition) is 5. The molecule has 3 atom stereocenters. The van der Waals surface area contributed by atoms with Crippen LogP contribution >= 0.6 is 23.7 Å². The van der Waals surface area contributed by atoms with E-state index in [4.69, 9.17) is 9.72 Å². The number of nitrogens with one attached hydrogen (secondary N) is 2. The zero-order valence-electron chi connectivity index (χ0n) is 14.3. The number of morpholine rings is 1. The Morgan fingerprint density at radius 1 is 1.24 bits per heavy atom. The van der Waals surface area contributed by atoms with Crippen LogP contribution in [0.2, 0.25) is 0 Å². The van der Waals surface area contributed by atoms with E-state index in [1.54, 1.807) is 11.3 Å². The van der Waals surface area contributed by atoms with Crippen molar-refractivity contribution < 1.29 is 4.74 Å². The number of ether oxygens (including phenoxy) is 1. The molecule has 1 aliphatic heterocycles. The summed E-state index contributed by atoms with van der Waals surface area (Å²) in [5, 5.41) is 10.7.